The van der Waals surface area contributed by atoms with Crippen molar-refractivity contribution in [3.8, 4) is 0 Å². The highest BCUT2D eigenvalue weighted by molar-refractivity contribution is 5.86. The fourth-order valence-electron chi connectivity index (χ4n) is 4.22. The van der Waals surface area contributed by atoms with Gasteiger partial charge in [0.1, 0.15) is 6.10 Å². The van der Waals surface area contributed by atoms with E-state index in [9.17, 15) is 32.7 Å². The number of amides is 3. The quantitative estimate of drug-likeness (QED) is 0.249. The average Bonchev–Trinajstić information content (AvgIpc) is 2.99. The standard InChI is InChI=1S/C29H28F3N3O9/c1-40-25-24(44-28(39)34-19-10-6-3-7-11-19)23(43-27(38)33-18-8-4-2-5-9-18)22(21(16-36)41-25)42-26(37)35-20-14-12-17(13-15-20)29(30,31)32/h2-15,21-25,36H,16H2,1H3,(H,33,38)(H,34,39)(H,35,37)/t21-,22-,23+,24+,25+/m1/s1. The summed E-state index contributed by atoms with van der Waals surface area (Å²) in [5, 5.41) is 17.3. The Kier molecular flexibility index (Phi) is 10.6. The molecule has 0 unspecified atom stereocenters. The molecule has 1 aliphatic heterocycles. The third-order valence-corrected chi connectivity index (χ3v) is 6.23. The Morgan fingerprint density at radius 2 is 1.14 bits per heavy atom. The van der Waals surface area contributed by atoms with Crippen LogP contribution >= 0.6 is 0 Å². The summed E-state index contributed by atoms with van der Waals surface area (Å²) in [7, 11) is 1.21. The Balaban J connectivity index is 1.58. The van der Waals surface area contributed by atoms with Crippen molar-refractivity contribution in [1.82, 2.24) is 0 Å². The Bertz CT molecular complexity index is 1400. The number of carbonyl (C=O) groups excluding carboxylic acids is 3. The first kappa shape index (κ1) is 32.1. The van der Waals surface area contributed by atoms with Gasteiger partial charge in [0.15, 0.2) is 24.6 Å². The summed E-state index contributed by atoms with van der Waals surface area (Å²) < 4.78 is 66.3. The summed E-state index contributed by atoms with van der Waals surface area (Å²) >= 11 is 0. The average molecular weight is 620 g/mol. The molecule has 0 bridgehead atoms. The van der Waals surface area contributed by atoms with Gasteiger partial charge in [-0.25, -0.2) is 14.4 Å². The van der Waals surface area contributed by atoms with E-state index in [-0.39, 0.29) is 5.69 Å². The third kappa shape index (κ3) is 8.59. The van der Waals surface area contributed by atoms with Crippen molar-refractivity contribution in [2.45, 2.75) is 36.9 Å². The van der Waals surface area contributed by atoms with Crippen molar-refractivity contribution < 1.29 is 56.3 Å². The topological polar surface area (TPSA) is 154 Å². The van der Waals surface area contributed by atoms with Crippen LogP contribution in [0.25, 0.3) is 0 Å². The fourth-order valence-corrected chi connectivity index (χ4v) is 4.22. The minimum absolute atomic E-state index is 0.0515. The molecular weight excluding hydrogens is 591 g/mol. The second-order valence-electron chi connectivity index (χ2n) is 9.25. The number of ether oxygens (including phenoxy) is 5. The number of methoxy groups -OCH3 is 1. The van der Waals surface area contributed by atoms with E-state index >= 15 is 0 Å². The van der Waals surface area contributed by atoms with Crippen molar-refractivity contribution >= 4 is 35.3 Å². The zero-order valence-corrected chi connectivity index (χ0v) is 23.0. The largest absolute Gasteiger partial charge is 0.439 e. The van der Waals surface area contributed by atoms with E-state index in [1.807, 2.05) is 0 Å². The van der Waals surface area contributed by atoms with Crippen LogP contribution in [-0.4, -0.2) is 67.8 Å². The predicted octanol–water partition coefficient (Wildman–Crippen LogP) is 5.22. The van der Waals surface area contributed by atoms with Gasteiger partial charge in [-0.05, 0) is 48.5 Å². The van der Waals surface area contributed by atoms with Crippen molar-refractivity contribution in [1.29, 1.82) is 0 Å². The molecule has 4 rings (SSSR count). The first-order valence-corrected chi connectivity index (χ1v) is 13.1. The lowest BCUT2D eigenvalue weighted by Crippen LogP contribution is -2.63. The van der Waals surface area contributed by atoms with E-state index in [2.05, 4.69) is 16.0 Å². The van der Waals surface area contributed by atoms with Crippen molar-refractivity contribution in [2.75, 3.05) is 29.7 Å². The molecule has 5 atom stereocenters. The highest BCUT2D eigenvalue weighted by Gasteiger charge is 2.53. The van der Waals surface area contributed by atoms with Gasteiger partial charge in [0, 0.05) is 24.2 Å². The van der Waals surface area contributed by atoms with Gasteiger partial charge in [0.25, 0.3) is 0 Å². The van der Waals surface area contributed by atoms with Crippen molar-refractivity contribution in [2.24, 2.45) is 0 Å². The van der Waals surface area contributed by atoms with Crippen molar-refractivity contribution in [3.63, 3.8) is 0 Å². The molecular formula is C29H28F3N3O9. The lowest BCUT2D eigenvalue weighted by atomic mass is 9.98. The lowest BCUT2D eigenvalue weighted by molar-refractivity contribution is -0.290. The predicted molar refractivity (Wildman–Crippen MR) is 149 cm³/mol. The van der Waals surface area contributed by atoms with Crippen LogP contribution in [0.15, 0.2) is 84.9 Å². The third-order valence-electron chi connectivity index (χ3n) is 6.23. The first-order chi connectivity index (χ1) is 21.1. The number of rotatable bonds is 8. The number of alkyl halides is 3. The van der Waals surface area contributed by atoms with E-state index in [1.165, 1.54) is 7.11 Å². The van der Waals surface area contributed by atoms with Crippen LogP contribution in [0.1, 0.15) is 5.56 Å². The Labute approximate surface area is 249 Å². The number of anilines is 3. The number of para-hydroxylation sites is 2. The summed E-state index contributed by atoms with van der Waals surface area (Å²) in [4.78, 5) is 38.6. The van der Waals surface area contributed by atoms with Crippen LogP contribution in [0.2, 0.25) is 0 Å². The molecule has 1 fully saturated rings. The molecule has 44 heavy (non-hydrogen) atoms. The Morgan fingerprint density at radius 3 is 1.57 bits per heavy atom. The molecule has 3 amide bonds. The van der Waals surface area contributed by atoms with Crippen molar-refractivity contribution in [3.05, 3.63) is 90.5 Å². The van der Waals surface area contributed by atoms with Gasteiger partial charge in [-0.2, -0.15) is 13.2 Å². The van der Waals surface area contributed by atoms with Crippen LogP contribution in [0.4, 0.5) is 44.6 Å². The van der Waals surface area contributed by atoms with Gasteiger partial charge in [-0.1, -0.05) is 36.4 Å². The maximum atomic E-state index is 12.9. The zero-order valence-electron chi connectivity index (χ0n) is 23.0. The summed E-state index contributed by atoms with van der Waals surface area (Å²) in [6.45, 7) is -0.763. The zero-order chi connectivity index (χ0) is 31.7. The summed E-state index contributed by atoms with van der Waals surface area (Å²) in [6.07, 6.45) is -15.3. The summed E-state index contributed by atoms with van der Waals surface area (Å²) in [5.74, 6) is 0. The first-order valence-electron chi connectivity index (χ1n) is 13.1. The molecule has 0 aliphatic carbocycles. The van der Waals surface area contributed by atoms with E-state index in [1.54, 1.807) is 60.7 Å². The number of hydrogen-bond donors (Lipinski definition) is 4. The SMILES string of the molecule is CO[C@H]1O[C@H](CO)[C@@H](OC(=O)Nc2ccc(C(F)(F)F)cc2)[C@H](OC(=O)Nc2ccccc2)[C@@H]1OC(=O)Nc1ccccc1. The maximum absolute atomic E-state index is 12.9. The number of carbonyl (C=O) groups is 3. The Morgan fingerprint density at radius 1 is 0.705 bits per heavy atom. The molecule has 3 aromatic rings. The highest BCUT2D eigenvalue weighted by atomic mass is 19.4. The van der Waals surface area contributed by atoms with E-state index < -0.39 is 67.3 Å². The molecule has 1 aliphatic rings. The molecule has 1 heterocycles. The molecule has 15 heteroatoms. The molecule has 3 aromatic carbocycles. The second kappa shape index (κ2) is 14.5. The molecule has 0 spiro atoms. The number of nitrogens with one attached hydrogen (secondary N) is 3. The van der Waals surface area contributed by atoms with E-state index in [0.717, 1.165) is 24.3 Å². The van der Waals surface area contributed by atoms with Gasteiger partial charge in [0.05, 0.1) is 12.2 Å². The lowest BCUT2D eigenvalue weighted by Gasteiger charge is -2.43. The normalized spacial score (nSPS) is 21.4. The molecule has 4 N–H and O–H groups in total. The van der Waals surface area contributed by atoms with Crippen LogP contribution < -0.4 is 16.0 Å². The number of hydrogen-bond acceptors (Lipinski definition) is 9. The van der Waals surface area contributed by atoms with E-state index in [4.69, 9.17) is 23.7 Å². The van der Waals surface area contributed by atoms with Crippen LogP contribution in [0, 0.1) is 0 Å². The molecule has 0 aromatic heterocycles. The maximum Gasteiger partial charge on any atom is 0.416 e. The fraction of sp³-hybridized carbons (Fsp3) is 0.276. The number of aliphatic hydroxyl groups is 1. The van der Waals surface area contributed by atoms with Crippen LogP contribution in [-0.2, 0) is 29.9 Å². The van der Waals surface area contributed by atoms with E-state index in [0.29, 0.717) is 11.4 Å². The molecule has 1 saturated heterocycles. The molecule has 234 valence electrons. The van der Waals surface area contributed by atoms with Gasteiger partial charge in [-0.3, -0.25) is 16.0 Å². The van der Waals surface area contributed by atoms with Gasteiger partial charge >= 0.3 is 24.5 Å². The highest BCUT2D eigenvalue weighted by Crippen LogP contribution is 2.31. The number of aliphatic hydroxyl groups excluding tert-OH is 1. The van der Waals surface area contributed by atoms with Gasteiger partial charge in [0.2, 0.25) is 0 Å². The molecule has 12 nitrogen and oxygen atoms in total. The molecule has 0 saturated carbocycles. The smallest absolute Gasteiger partial charge is 0.416 e. The summed E-state index contributed by atoms with van der Waals surface area (Å²) in [6, 6.07) is 20.0. The van der Waals surface area contributed by atoms with Crippen LogP contribution in [0.3, 0.4) is 0 Å². The van der Waals surface area contributed by atoms with Gasteiger partial charge < -0.3 is 28.8 Å². The second-order valence-corrected chi connectivity index (χ2v) is 9.25. The minimum atomic E-state index is -4.59. The minimum Gasteiger partial charge on any atom is -0.439 e. The summed E-state index contributed by atoms with van der Waals surface area (Å²) in [5.41, 5.74) is -0.262. The Hall–Kier alpha value is -4.86. The monoisotopic (exact) mass is 619 g/mol. The number of halogens is 3. The number of benzene rings is 3. The van der Waals surface area contributed by atoms with Gasteiger partial charge in [-0.15, -0.1) is 0 Å². The van der Waals surface area contributed by atoms with Crippen LogP contribution in [0.5, 0.6) is 0 Å². The molecule has 0 radical (unpaired) electrons.